The van der Waals surface area contributed by atoms with Gasteiger partial charge >= 0.3 is 0 Å². The molecule has 0 spiro atoms. The summed E-state index contributed by atoms with van der Waals surface area (Å²) in [5, 5.41) is 3.30. The van der Waals surface area contributed by atoms with Crippen molar-refractivity contribution in [3.63, 3.8) is 0 Å². The fourth-order valence-corrected chi connectivity index (χ4v) is 1.74. The van der Waals surface area contributed by atoms with E-state index in [0.717, 1.165) is 30.8 Å². The molecule has 1 N–H and O–H groups in total. The number of halogens is 1. The second-order valence-electron chi connectivity index (χ2n) is 4.38. The average molecular weight is 244 g/mol. The topological polar surface area (TPSA) is 24.9 Å². The number of aromatic nitrogens is 1. The molecule has 0 aliphatic rings. The van der Waals surface area contributed by atoms with Crippen molar-refractivity contribution >= 4 is 0 Å². The summed E-state index contributed by atoms with van der Waals surface area (Å²) in [6, 6.07) is 10.8. The minimum absolute atomic E-state index is 0.173. The summed E-state index contributed by atoms with van der Waals surface area (Å²) < 4.78 is 12.9. The van der Waals surface area contributed by atoms with Gasteiger partial charge in [-0.05, 0) is 49.2 Å². The monoisotopic (exact) mass is 244 g/mol. The van der Waals surface area contributed by atoms with Crippen LogP contribution in [0, 0.1) is 12.7 Å². The van der Waals surface area contributed by atoms with Crippen molar-refractivity contribution < 1.29 is 4.39 Å². The first-order valence-corrected chi connectivity index (χ1v) is 6.11. The van der Waals surface area contributed by atoms with Crippen LogP contribution in [0.2, 0.25) is 0 Å². The van der Waals surface area contributed by atoms with E-state index in [-0.39, 0.29) is 5.82 Å². The van der Waals surface area contributed by atoms with Crippen molar-refractivity contribution in [1.29, 1.82) is 0 Å². The van der Waals surface area contributed by atoms with Crippen molar-refractivity contribution in [2.75, 3.05) is 6.54 Å². The summed E-state index contributed by atoms with van der Waals surface area (Å²) in [4.78, 5) is 4.31. The van der Waals surface area contributed by atoms with Gasteiger partial charge < -0.3 is 5.32 Å². The minimum Gasteiger partial charge on any atom is -0.311 e. The SMILES string of the molecule is Cc1ccc(CNCCc2cccc(F)c2)nc1. The highest BCUT2D eigenvalue weighted by molar-refractivity contribution is 5.16. The van der Waals surface area contributed by atoms with Crippen LogP contribution in [0.1, 0.15) is 16.8 Å². The molecule has 0 aliphatic carbocycles. The van der Waals surface area contributed by atoms with E-state index in [1.165, 1.54) is 11.6 Å². The van der Waals surface area contributed by atoms with E-state index in [1.54, 1.807) is 12.1 Å². The molecule has 3 heteroatoms. The zero-order chi connectivity index (χ0) is 12.8. The molecule has 0 unspecified atom stereocenters. The van der Waals surface area contributed by atoms with E-state index >= 15 is 0 Å². The van der Waals surface area contributed by atoms with Crippen LogP contribution >= 0.6 is 0 Å². The number of rotatable bonds is 5. The number of pyridine rings is 1. The predicted molar refractivity (Wildman–Crippen MR) is 70.8 cm³/mol. The van der Waals surface area contributed by atoms with Crippen LogP contribution in [0.4, 0.5) is 4.39 Å². The maximum Gasteiger partial charge on any atom is 0.123 e. The molecule has 2 rings (SSSR count). The molecule has 0 saturated carbocycles. The van der Waals surface area contributed by atoms with Crippen LogP contribution in [0.3, 0.4) is 0 Å². The van der Waals surface area contributed by atoms with Gasteiger partial charge in [0.05, 0.1) is 5.69 Å². The van der Waals surface area contributed by atoms with Crippen molar-refractivity contribution in [2.24, 2.45) is 0 Å². The van der Waals surface area contributed by atoms with Gasteiger partial charge in [0, 0.05) is 12.7 Å². The molecule has 0 bridgehead atoms. The zero-order valence-electron chi connectivity index (χ0n) is 10.5. The largest absolute Gasteiger partial charge is 0.311 e. The third-order valence-electron chi connectivity index (χ3n) is 2.76. The second-order valence-corrected chi connectivity index (χ2v) is 4.38. The lowest BCUT2D eigenvalue weighted by Crippen LogP contribution is -2.17. The van der Waals surface area contributed by atoms with Gasteiger partial charge in [-0.3, -0.25) is 4.98 Å². The van der Waals surface area contributed by atoms with Crippen LogP contribution in [0.5, 0.6) is 0 Å². The lowest BCUT2D eigenvalue weighted by molar-refractivity contribution is 0.622. The standard InChI is InChI=1S/C15H17FN2/c1-12-5-6-15(18-10-12)11-17-8-7-13-3-2-4-14(16)9-13/h2-6,9-10,17H,7-8,11H2,1H3. The minimum atomic E-state index is -0.173. The maximum absolute atomic E-state index is 12.9. The molecule has 0 amide bonds. The van der Waals surface area contributed by atoms with Gasteiger partial charge in [-0.1, -0.05) is 18.2 Å². The summed E-state index contributed by atoms with van der Waals surface area (Å²) in [5.74, 6) is -0.173. The van der Waals surface area contributed by atoms with E-state index < -0.39 is 0 Å². The van der Waals surface area contributed by atoms with Gasteiger partial charge in [-0.2, -0.15) is 0 Å². The zero-order valence-corrected chi connectivity index (χ0v) is 10.5. The molecular weight excluding hydrogens is 227 g/mol. The summed E-state index contributed by atoms with van der Waals surface area (Å²) in [5.41, 5.74) is 3.21. The molecule has 0 saturated heterocycles. The Balaban J connectivity index is 1.74. The molecule has 0 aliphatic heterocycles. The first kappa shape index (κ1) is 12.7. The van der Waals surface area contributed by atoms with Gasteiger partial charge in [-0.15, -0.1) is 0 Å². The molecule has 2 aromatic rings. The van der Waals surface area contributed by atoms with Crippen LogP contribution in [0.25, 0.3) is 0 Å². The number of benzene rings is 1. The average Bonchev–Trinajstić information content (AvgIpc) is 2.37. The van der Waals surface area contributed by atoms with Gasteiger partial charge in [-0.25, -0.2) is 4.39 Å². The van der Waals surface area contributed by atoms with Gasteiger partial charge in [0.1, 0.15) is 5.82 Å². The highest BCUT2D eigenvalue weighted by Crippen LogP contribution is 2.04. The van der Waals surface area contributed by atoms with Crippen LogP contribution < -0.4 is 5.32 Å². The first-order chi connectivity index (χ1) is 8.74. The third-order valence-corrected chi connectivity index (χ3v) is 2.76. The first-order valence-electron chi connectivity index (χ1n) is 6.11. The molecule has 0 fully saturated rings. The van der Waals surface area contributed by atoms with Crippen molar-refractivity contribution in [1.82, 2.24) is 10.3 Å². The number of nitrogens with zero attached hydrogens (tertiary/aromatic N) is 1. The summed E-state index contributed by atoms with van der Waals surface area (Å²) >= 11 is 0. The Hall–Kier alpha value is -1.74. The third kappa shape index (κ3) is 3.93. The fraction of sp³-hybridized carbons (Fsp3) is 0.267. The highest BCUT2D eigenvalue weighted by Gasteiger charge is 1.96. The number of aryl methyl sites for hydroxylation is 1. The van der Waals surface area contributed by atoms with Crippen molar-refractivity contribution in [2.45, 2.75) is 19.9 Å². The quantitative estimate of drug-likeness (QED) is 0.818. The number of nitrogens with one attached hydrogen (secondary N) is 1. The Morgan fingerprint density at radius 1 is 1.22 bits per heavy atom. The second kappa shape index (κ2) is 6.26. The summed E-state index contributed by atoms with van der Waals surface area (Å²) in [6.07, 6.45) is 2.69. The molecule has 0 atom stereocenters. The Kier molecular flexibility index (Phi) is 4.42. The smallest absolute Gasteiger partial charge is 0.123 e. The molecule has 2 nitrogen and oxygen atoms in total. The maximum atomic E-state index is 12.9. The van der Waals surface area contributed by atoms with Gasteiger partial charge in [0.15, 0.2) is 0 Å². The molecule has 1 aromatic carbocycles. The van der Waals surface area contributed by atoms with Crippen molar-refractivity contribution in [3.8, 4) is 0 Å². The van der Waals surface area contributed by atoms with Crippen molar-refractivity contribution in [3.05, 3.63) is 65.2 Å². The lowest BCUT2D eigenvalue weighted by atomic mass is 10.1. The van der Waals surface area contributed by atoms with E-state index in [0.29, 0.717) is 0 Å². The van der Waals surface area contributed by atoms with E-state index in [1.807, 2.05) is 25.3 Å². The van der Waals surface area contributed by atoms with Gasteiger partial charge in [0.2, 0.25) is 0 Å². The lowest BCUT2D eigenvalue weighted by Gasteiger charge is -2.05. The molecule has 1 aromatic heterocycles. The van der Waals surface area contributed by atoms with E-state index in [2.05, 4.69) is 16.4 Å². The number of hydrogen-bond donors (Lipinski definition) is 1. The Morgan fingerprint density at radius 2 is 2.11 bits per heavy atom. The summed E-state index contributed by atoms with van der Waals surface area (Å²) in [6.45, 7) is 3.59. The fourth-order valence-electron chi connectivity index (χ4n) is 1.74. The van der Waals surface area contributed by atoms with E-state index in [4.69, 9.17) is 0 Å². The van der Waals surface area contributed by atoms with Crippen LogP contribution in [-0.2, 0) is 13.0 Å². The normalized spacial score (nSPS) is 10.6. The molecule has 0 radical (unpaired) electrons. The highest BCUT2D eigenvalue weighted by atomic mass is 19.1. The molecule has 18 heavy (non-hydrogen) atoms. The molecule has 1 heterocycles. The Labute approximate surface area is 107 Å². The summed E-state index contributed by atoms with van der Waals surface area (Å²) in [7, 11) is 0. The van der Waals surface area contributed by atoms with E-state index in [9.17, 15) is 4.39 Å². The molecule has 94 valence electrons. The van der Waals surface area contributed by atoms with Crippen LogP contribution in [-0.4, -0.2) is 11.5 Å². The number of hydrogen-bond acceptors (Lipinski definition) is 2. The van der Waals surface area contributed by atoms with Gasteiger partial charge in [0.25, 0.3) is 0 Å². The molecular formula is C15H17FN2. The van der Waals surface area contributed by atoms with Crippen LogP contribution in [0.15, 0.2) is 42.6 Å². The predicted octanol–water partition coefficient (Wildman–Crippen LogP) is 2.86. The Morgan fingerprint density at radius 3 is 2.83 bits per heavy atom. The Bertz CT molecular complexity index is 494.